The maximum atomic E-state index is 12.8. The fourth-order valence-electron chi connectivity index (χ4n) is 3.81. The number of aryl methyl sites for hydroxylation is 1. The predicted molar refractivity (Wildman–Crippen MR) is 111 cm³/mol. The smallest absolute Gasteiger partial charge is 0.317 e. The number of benzene rings is 1. The number of nitrogens with one attached hydrogen (secondary N) is 1. The fourth-order valence-corrected chi connectivity index (χ4v) is 3.81. The maximum absolute atomic E-state index is 12.8. The minimum Gasteiger partial charge on any atom is -0.440 e. The number of para-hydroxylation sites is 1. The quantitative estimate of drug-likeness (QED) is 0.821. The highest BCUT2D eigenvalue weighted by atomic mass is 16.5. The zero-order valence-electron chi connectivity index (χ0n) is 17.7. The largest absolute Gasteiger partial charge is 0.440 e. The molecular weight excluding hydrogens is 354 g/mol. The average molecular weight is 388 g/mol. The normalized spacial score (nSPS) is 17.1. The van der Waals surface area contributed by atoms with Gasteiger partial charge in [-0.3, -0.25) is 0 Å². The molecule has 2 aromatic rings. The van der Waals surface area contributed by atoms with E-state index in [9.17, 15) is 4.79 Å². The number of likely N-dealkylation sites (tertiary alicyclic amines) is 1. The zero-order valence-corrected chi connectivity index (χ0v) is 17.7. The Hall–Kier alpha value is -2.08. The van der Waals surface area contributed by atoms with Crippen molar-refractivity contribution in [1.82, 2.24) is 15.2 Å². The van der Waals surface area contributed by atoms with E-state index in [-0.39, 0.29) is 23.4 Å². The van der Waals surface area contributed by atoms with Crippen LogP contribution < -0.4 is 5.32 Å². The van der Waals surface area contributed by atoms with Crippen LogP contribution in [-0.2, 0) is 4.74 Å². The van der Waals surface area contributed by atoms with E-state index < -0.39 is 0 Å². The van der Waals surface area contributed by atoms with E-state index in [4.69, 9.17) is 9.15 Å². The topological polar surface area (TPSA) is 67.6 Å². The van der Waals surface area contributed by atoms with Gasteiger partial charge in [-0.15, -0.1) is 0 Å². The summed E-state index contributed by atoms with van der Waals surface area (Å²) in [4.78, 5) is 19.4. The number of ether oxygens (including phenoxy) is 1. The molecule has 1 aliphatic heterocycles. The van der Waals surface area contributed by atoms with Crippen LogP contribution in [0.15, 0.2) is 22.6 Å². The first-order valence-electron chi connectivity index (χ1n) is 10.2. The van der Waals surface area contributed by atoms with Crippen molar-refractivity contribution in [3.8, 4) is 0 Å². The maximum Gasteiger partial charge on any atom is 0.317 e. The first-order valence-corrected chi connectivity index (χ1v) is 10.2. The van der Waals surface area contributed by atoms with Gasteiger partial charge in [0.2, 0.25) is 0 Å². The molecular formula is C22H33N3O3. The molecule has 154 valence electrons. The number of urea groups is 1. The number of hydrogen-bond donors (Lipinski definition) is 1. The third-order valence-electron chi connectivity index (χ3n) is 5.71. The Bertz CT molecular complexity index is 801. The van der Waals surface area contributed by atoms with Gasteiger partial charge in [-0.2, -0.15) is 0 Å². The van der Waals surface area contributed by atoms with Crippen LogP contribution in [0.25, 0.3) is 11.1 Å². The number of rotatable bonds is 5. The molecule has 0 aliphatic carbocycles. The number of hydrogen-bond acceptors (Lipinski definition) is 4. The molecule has 2 heterocycles. The second-order valence-corrected chi connectivity index (χ2v) is 8.89. The summed E-state index contributed by atoms with van der Waals surface area (Å²) in [5.41, 5.74) is 2.89. The van der Waals surface area contributed by atoms with Gasteiger partial charge in [-0.05, 0) is 43.2 Å². The Labute approximate surface area is 167 Å². The van der Waals surface area contributed by atoms with Gasteiger partial charge in [0, 0.05) is 38.8 Å². The summed E-state index contributed by atoms with van der Waals surface area (Å²) in [7, 11) is 1.69. The van der Waals surface area contributed by atoms with Gasteiger partial charge in [-0.1, -0.05) is 32.9 Å². The number of carbonyl (C=O) groups is 1. The van der Waals surface area contributed by atoms with E-state index in [0.29, 0.717) is 6.61 Å². The Morgan fingerprint density at radius 1 is 1.36 bits per heavy atom. The van der Waals surface area contributed by atoms with Crippen LogP contribution in [0.3, 0.4) is 0 Å². The molecule has 1 aliphatic rings. The molecule has 28 heavy (non-hydrogen) atoms. The van der Waals surface area contributed by atoms with Gasteiger partial charge >= 0.3 is 6.03 Å². The highest BCUT2D eigenvalue weighted by Crippen LogP contribution is 2.31. The number of oxazole rings is 1. The van der Waals surface area contributed by atoms with Gasteiger partial charge in [0.1, 0.15) is 5.52 Å². The minimum absolute atomic E-state index is 0.0113. The second kappa shape index (κ2) is 8.52. The summed E-state index contributed by atoms with van der Waals surface area (Å²) in [5, 5.41) is 3.21. The summed E-state index contributed by atoms with van der Waals surface area (Å²) in [6, 6.07) is 6.14. The van der Waals surface area contributed by atoms with Crippen molar-refractivity contribution in [2.75, 3.05) is 26.8 Å². The van der Waals surface area contributed by atoms with Crippen molar-refractivity contribution in [3.05, 3.63) is 29.7 Å². The molecule has 3 rings (SSSR count). The monoisotopic (exact) mass is 387 g/mol. The lowest BCUT2D eigenvalue weighted by atomic mass is 9.85. The SMILES string of the molecule is COCCC(NC(=O)N1CCC(c2nc3cccc(C)c3o2)CC1)C(C)(C)C. The summed E-state index contributed by atoms with van der Waals surface area (Å²) in [6.45, 7) is 10.6. The second-order valence-electron chi connectivity index (χ2n) is 8.89. The molecule has 2 amide bonds. The number of piperidine rings is 1. The van der Waals surface area contributed by atoms with Crippen molar-refractivity contribution >= 4 is 17.1 Å². The number of methoxy groups -OCH3 is 1. The van der Waals surface area contributed by atoms with Gasteiger partial charge in [0.15, 0.2) is 11.5 Å². The summed E-state index contributed by atoms with van der Waals surface area (Å²) >= 11 is 0. The van der Waals surface area contributed by atoms with Crippen molar-refractivity contribution in [2.45, 2.75) is 58.9 Å². The highest BCUT2D eigenvalue weighted by molar-refractivity contribution is 5.76. The molecule has 1 N–H and O–H groups in total. The van der Waals surface area contributed by atoms with Crippen LogP contribution in [0.5, 0.6) is 0 Å². The van der Waals surface area contributed by atoms with Crippen LogP contribution in [-0.4, -0.2) is 48.8 Å². The number of fused-ring (bicyclic) bond motifs is 1. The number of nitrogens with zero attached hydrogens (tertiary/aromatic N) is 2. The van der Waals surface area contributed by atoms with Gasteiger partial charge < -0.3 is 19.4 Å². The van der Waals surface area contributed by atoms with Crippen LogP contribution in [0, 0.1) is 12.3 Å². The van der Waals surface area contributed by atoms with E-state index in [1.165, 1.54) is 0 Å². The molecule has 6 heteroatoms. The molecule has 0 spiro atoms. The van der Waals surface area contributed by atoms with Crippen molar-refractivity contribution in [1.29, 1.82) is 0 Å². The predicted octanol–water partition coefficient (Wildman–Crippen LogP) is 4.48. The lowest BCUT2D eigenvalue weighted by molar-refractivity contribution is 0.138. The molecule has 1 atom stereocenters. The molecule has 6 nitrogen and oxygen atoms in total. The van der Waals surface area contributed by atoms with Crippen molar-refractivity contribution in [3.63, 3.8) is 0 Å². The number of aromatic nitrogens is 1. The van der Waals surface area contributed by atoms with Crippen molar-refractivity contribution in [2.24, 2.45) is 5.41 Å². The highest BCUT2D eigenvalue weighted by Gasteiger charge is 2.31. The van der Waals surface area contributed by atoms with E-state index in [1.807, 2.05) is 30.0 Å². The molecule has 1 saturated heterocycles. The summed E-state index contributed by atoms with van der Waals surface area (Å²) in [6.07, 6.45) is 2.56. The van der Waals surface area contributed by atoms with E-state index >= 15 is 0 Å². The molecule has 1 fully saturated rings. The molecule has 0 bridgehead atoms. The molecule has 1 aromatic heterocycles. The number of carbonyl (C=O) groups excluding carboxylic acids is 1. The fraction of sp³-hybridized carbons (Fsp3) is 0.636. The zero-order chi connectivity index (χ0) is 20.3. The first-order chi connectivity index (χ1) is 13.3. The third-order valence-corrected chi connectivity index (χ3v) is 5.71. The summed E-state index contributed by atoms with van der Waals surface area (Å²) < 4.78 is 11.3. The van der Waals surface area contributed by atoms with Gasteiger partial charge in [0.25, 0.3) is 0 Å². The lowest BCUT2D eigenvalue weighted by Gasteiger charge is -2.36. The van der Waals surface area contributed by atoms with Crippen LogP contribution in [0.2, 0.25) is 0 Å². The Morgan fingerprint density at radius 3 is 2.68 bits per heavy atom. The Kier molecular flexibility index (Phi) is 6.28. The standard InChI is InChI=1S/C22H33N3O3/c1-15-7-6-8-17-19(15)28-20(23-17)16-9-12-25(13-10-16)21(26)24-18(11-14-27-5)22(2,3)4/h6-8,16,18H,9-14H2,1-5H3,(H,24,26). The Morgan fingerprint density at radius 2 is 2.07 bits per heavy atom. The van der Waals surface area contributed by atoms with Crippen molar-refractivity contribution < 1.29 is 13.9 Å². The first kappa shape index (κ1) is 20.6. The molecule has 1 aromatic carbocycles. The number of amides is 2. The van der Waals surface area contributed by atoms with Gasteiger partial charge in [0.05, 0.1) is 0 Å². The lowest BCUT2D eigenvalue weighted by Crippen LogP contribution is -2.51. The van der Waals surface area contributed by atoms with E-state index in [1.54, 1.807) is 7.11 Å². The molecule has 1 unspecified atom stereocenters. The van der Waals surface area contributed by atoms with E-state index in [0.717, 1.165) is 54.9 Å². The van der Waals surface area contributed by atoms with E-state index in [2.05, 4.69) is 31.1 Å². The Balaban J connectivity index is 1.59. The van der Waals surface area contributed by atoms with Crippen LogP contribution >= 0.6 is 0 Å². The minimum atomic E-state index is -0.0113. The average Bonchev–Trinajstić information content (AvgIpc) is 3.10. The van der Waals surface area contributed by atoms with Gasteiger partial charge in [-0.25, -0.2) is 9.78 Å². The summed E-state index contributed by atoms with van der Waals surface area (Å²) in [5.74, 6) is 1.07. The molecule has 0 radical (unpaired) electrons. The third kappa shape index (κ3) is 4.66. The molecule has 0 saturated carbocycles. The van der Waals surface area contributed by atoms with Crippen LogP contribution in [0.4, 0.5) is 4.79 Å². The van der Waals surface area contributed by atoms with Crippen LogP contribution in [0.1, 0.15) is 57.4 Å².